The summed E-state index contributed by atoms with van der Waals surface area (Å²) in [4.78, 5) is 26.7. The fourth-order valence-corrected chi connectivity index (χ4v) is 4.01. The number of carboxylic acids is 1. The normalized spacial score (nSPS) is 15.7. The number of phenolic OH excluding ortho intramolecular Hbond substituents is 1. The minimum atomic E-state index is -1.07. The van der Waals surface area contributed by atoms with Crippen molar-refractivity contribution in [3.05, 3.63) is 58.5 Å². The lowest BCUT2D eigenvalue weighted by Crippen LogP contribution is -2.38. The number of hydrogen-bond donors (Lipinski definition) is 2. The number of rotatable bonds is 3. The molecule has 0 spiro atoms. The molecular formula is C21H21NO4S. The predicted molar refractivity (Wildman–Crippen MR) is 107 cm³/mol. The number of carbonyl (C=O) groups is 2. The maximum absolute atomic E-state index is 12.9. The van der Waals surface area contributed by atoms with Crippen molar-refractivity contribution in [1.29, 1.82) is 0 Å². The Bertz CT molecular complexity index is 943. The summed E-state index contributed by atoms with van der Waals surface area (Å²) in [5.74, 6) is -1.19. The average molecular weight is 383 g/mol. The smallest absolute Gasteiger partial charge is 0.323 e. The molecule has 1 aliphatic heterocycles. The topological polar surface area (TPSA) is 77.8 Å². The molecule has 0 bridgehead atoms. The summed E-state index contributed by atoms with van der Waals surface area (Å²) >= 11 is 1.32. The number of hydrogen-bond acceptors (Lipinski definition) is 4. The van der Waals surface area contributed by atoms with Gasteiger partial charge in [0.15, 0.2) is 0 Å². The molecule has 1 heterocycles. The van der Waals surface area contributed by atoms with E-state index in [9.17, 15) is 19.8 Å². The van der Waals surface area contributed by atoms with Crippen LogP contribution in [0.3, 0.4) is 0 Å². The summed E-state index contributed by atoms with van der Waals surface area (Å²) in [6, 6.07) is 12.5. The highest BCUT2D eigenvalue weighted by Crippen LogP contribution is 2.42. The molecule has 1 amide bonds. The van der Waals surface area contributed by atoms with Gasteiger partial charge in [0.05, 0.1) is 10.6 Å². The zero-order valence-corrected chi connectivity index (χ0v) is 16.2. The van der Waals surface area contributed by atoms with E-state index < -0.39 is 12.5 Å². The van der Waals surface area contributed by atoms with Crippen LogP contribution in [0.1, 0.15) is 31.9 Å². The number of amides is 1. The molecule has 0 atom stereocenters. The van der Waals surface area contributed by atoms with Crippen molar-refractivity contribution in [2.75, 3.05) is 11.4 Å². The van der Waals surface area contributed by atoms with Gasteiger partial charge >= 0.3 is 5.97 Å². The molecule has 0 saturated heterocycles. The van der Waals surface area contributed by atoms with E-state index >= 15 is 0 Å². The van der Waals surface area contributed by atoms with Crippen molar-refractivity contribution in [1.82, 2.24) is 0 Å². The van der Waals surface area contributed by atoms with Crippen molar-refractivity contribution in [3.63, 3.8) is 0 Å². The fourth-order valence-electron chi connectivity index (χ4n) is 2.95. The van der Waals surface area contributed by atoms with Gasteiger partial charge in [-0.2, -0.15) is 0 Å². The van der Waals surface area contributed by atoms with Crippen LogP contribution < -0.4 is 4.90 Å². The summed E-state index contributed by atoms with van der Waals surface area (Å²) in [5, 5.41) is 19.3. The number of phenols is 1. The Kier molecular flexibility index (Phi) is 5.02. The third-order valence-corrected chi connectivity index (χ3v) is 5.33. The summed E-state index contributed by atoms with van der Waals surface area (Å²) < 4.78 is 0. The second kappa shape index (κ2) is 7.12. The van der Waals surface area contributed by atoms with E-state index in [-0.39, 0.29) is 17.1 Å². The minimum absolute atomic E-state index is 0.213. The Labute approximate surface area is 162 Å². The molecule has 1 aliphatic rings. The van der Waals surface area contributed by atoms with Crippen LogP contribution in [-0.4, -0.2) is 28.6 Å². The van der Waals surface area contributed by atoms with Gasteiger partial charge in [0, 0.05) is 4.90 Å². The van der Waals surface area contributed by atoms with Gasteiger partial charge in [-0.05, 0) is 46.9 Å². The second-order valence-electron chi connectivity index (χ2n) is 7.39. The van der Waals surface area contributed by atoms with Gasteiger partial charge in [0.2, 0.25) is 0 Å². The maximum atomic E-state index is 12.9. The molecule has 0 unspecified atom stereocenters. The molecule has 2 aromatic carbocycles. The van der Waals surface area contributed by atoms with Gasteiger partial charge < -0.3 is 10.2 Å². The van der Waals surface area contributed by atoms with Crippen molar-refractivity contribution in [3.8, 4) is 5.75 Å². The van der Waals surface area contributed by atoms with Crippen molar-refractivity contribution in [2.45, 2.75) is 31.1 Å². The molecule has 140 valence electrons. The van der Waals surface area contributed by atoms with E-state index in [0.717, 1.165) is 16.0 Å². The molecule has 0 saturated carbocycles. The standard InChI is InChI=1S/C21H21NO4S/c1-21(2,3)14-10-13(8-9-16(14)23)11-18-20(26)22(12-19(24)25)15-6-4-5-7-17(15)27-18/h4-11,23H,12H2,1-3H3,(H,24,25)/b18-11+. The first kappa shape index (κ1) is 19.0. The van der Waals surface area contributed by atoms with Crippen molar-refractivity contribution >= 4 is 35.4 Å². The second-order valence-corrected chi connectivity index (χ2v) is 8.47. The lowest BCUT2D eigenvalue weighted by Gasteiger charge is -2.29. The average Bonchev–Trinajstić information content (AvgIpc) is 2.59. The van der Waals surface area contributed by atoms with Gasteiger partial charge in [-0.25, -0.2) is 0 Å². The molecule has 0 aromatic heterocycles. The van der Waals surface area contributed by atoms with E-state index in [2.05, 4.69) is 0 Å². The highest BCUT2D eigenvalue weighted by Gasteiger charge is 2.30. The van der Waals surface area contributed by atoms with Crippen LogP contribution in [0.2, 0.25) is 0 Å². The van der Waals surface area contributed by atoms with Gasteiger partial charge in [-0.1, -0.05) is 50.7 Å². The number of carbonyl (C=O) groups excluding carboxylic acids is 1. The number of thioether (sulfide) groups is 1. The van der Waals surface area contributed by atoms with Crippen LogP contribution >= 0.6 is 11.8 Å². The molecule has 6 heteroatoms. The summed E-state index contributed by atoms with van der Waals surface area (Å²) in [5.41, 5.74) is 1.92. The fraction of sp³-hybridized carbons (Fsp3) is 0.238. The van der Waals surface area contributed by atoms with Crippen LogP contribution in [0.25, 0.3) is 6.08 Å². The first-order valence-electron chi connectivity index (χ1n) is 8.52. The zero-order valence-electron chi connectivity index (χ0n) is 15.4. The summed E-state index contributed by atoms with van der Waals surface area (Å²) in [7, 11) is 0. The van der Waals surface area contributed by atoms with E-state index in [1.54, 1.807) is 30.3 Å². The Morgan fingerprint density at radius 3 is 2.56 bits per heavy atom. The first-order valence-corrected chi connectivity index (χ1v) is 9.34. The van der Waals surface area contributed by atoms with Crippen LogP contribution in [0.15, 0.2) is 52.3 Å². The molecular weight excluding hydrogens is 362 g/mol. The number of anilines is 1. The highest BCUT2D eigenvalue weighted by molar-refractivity contribution is 8.04. The molecule has 0 aliphatic carbocycles. The Morgan fingerprint density at radius 2 is 1.89 bits per heavy atom. The van der Waals surface area contributed by atoms with Gasteiger partial charge in [-0.3, -0.25) is 14.5 Å². The SMILES string of the molecule is CC(C)(C)c1cc(/C=C2/Sc3ccccc3N(CC(=O)O)C2=O)ccc1O. The van der Waals surface area contributed by atoms with Crippen molar-refractivity contribution in [2.24, 2.45) is 0 Å². The number of aromatic hydroxyl groups is 1. The van der Waals surface area contributed by atoms with Crippen molar-refractivity contribution < 1.29 is 19.8 Å². The lowest BCUT2D eigenvalue weighted by molar-refractivity contribution is -0.136. The van der Waals surface area contributed by atoms with E-state index in [4.69, 9.17) is 0 Å². The summed E-state index contributed by atoms with van der Waals surface area (Å²) in [6.07, 6.45) is 1.74. The number of para-hydroxylation sites is 1. The molecule has 0 fully saturated rings. The van der Waals surface area contributed by atoms with Crippen LogP contribution in [0.4, 0.5) is 5.69 Å². The predicted octanol–water partition coefficient (Wildman–Crippen LogP) is 4.25. The van der Waals surface area contributed by atoms with E-state index in [1.165, 1.54) is 16.7 Å². The third-order valence-electron chi connectivity index (χ3n) is 4.25. The molecule has 3 rings (SSSR count). The Morgan fingerprint density at radius 1 is 1.19 bits per heavy atom. The molecule has 27 heavy (non-hydrogen) atoms. The van der Waals surface area contributed by atoms with E-state index in [0.29, 0.717) is 10.6 Å². The van der Waals surface area contributed by atoms with Crippen LogP contribution in [-0.2, 0) is 15.0 Å². The minimum Gasteiger partial charge on any atom is -0.508 e. The maximum Gasteiger partial charge on any atom is 0.323 e. The third kappa shape index (κ3) is 4.01. The molecule has 2 N–H and O–H groups in total. The molecule has 2 aromatic rings. The van der Waals surface area contributed by atoms with Crippen LogP contribution in [0, 0.1) is 0 Å². The van der Waals surface area contributed by atoms with Gasteiger partial charge in [-0.15, -0.1) is 0 Å². The number of benzene rings is 2. The summed E-state index contributed by atoms with van der Waals surface area (Å²) in [6.45, 7) is 5.62. The monoisotopic (exact) mass is 383 g/mol. The quantitative estimate of drug-likeness (QED) is 0.775. The molecule has 5 nitrogen and oxygen atoms in total. The number of carboxylic acid groups (broad SMARTS) is 1. The number of fused-ring (bicyclic) bond motifs is 1. The van der Waals surface area contributed by atoms with Gasteiger partial charge in [0.25, 0.3) is 5.91 Å². The van der Waals surface area contributed by atoms with E-state index in [1.807, 2.05) is 39.0 Å². The number of aliphatic carboxylic acids is 1. The molecule has 0 radical (unpaired) electrons. The lowest BCUT2D eigenvalue weighted by atomic mass is 9.85. The van der Waals surface area contributed by atoms with Crippen LogP contribution in [0.5, 0.6) is 5.75 Å². The highest BCUT2D eigenvalue weighted by atomic mass is 32.2. The Hall–Kier alpha value is -2.73. The Balaban J connectivity index is 2.05. The largest absolute Gasteiger partial charge is 0.508 e. The zero-order chi connectivity index (χ0) is 19.8. The van der Waals surface area contributed by atoms with Gasteiger partial charge in [0.1, 0.15) is 12.3 Å². The first-order chi connectivity index (χ1) is 12.7. The number of nitrogens with zero attached hydrogens (tertiary/aromatic N) is 1.